The van der Waals surface area contributed by atoms with Crippen LogP contribution >= 0.6 is 15.9 Å². The second-order valence-corrected chi connectivity index (χ2v) is 3.53. The molecule has 0 bridgehead atoms. The Morgan fingerprint density at radius 3 is 2.62 bits per heavy atom. The van der Waals surface area contributed by atoms with Gasteiger partial charge < -0.3 is 0 Å². The summed E-state index contributed by atoms with van der Waals surface area (Å²) in [6, 6.07) is 1.92. The number of rotatable bonds is 2. The molecule has 0 unspecified atom stereocenters. The summed E-state index contributed by atoms with van der Waals surface area (Å²) in [4.78, 5) is 10.7. The van der Waals surface area contributed by atoms with Crippen molar-refractivity contribution in [3.8, 4) is 0 Å². The summed E-state index contributed by atoms with van der Waals surface area (Å²) in [5.74, 6) is -1.49. The fourth-order valence-electron chi connectivity index (χ4n) is 1.01. The molecule has 0 saturated heterocycles. The Balaban J connectivity index is 3.12. The summed E-state index contributed by atoms with van der Waals surface area (Å²) in [5.41, 5.74) is 0.338. The van der Waals surface area contributed by atoms with E-state index in [0.717, 1.165) is 12.1 Å². The second kappa shape index (κ2) is 3.96. The van der Waals surface area contributed by atoms with E-state index in [1.54, 1.807) is 0 Å². The van der Waals surface area contributed by atoms with Gasteiger partial charge in [0.25, 0.3) is 0 Å². The van der Waals surface area contributed by atoms with Crippen LogP contribution in [0.2, 0.25) is 0 Å². The molecule has 0 aromatic heterocycles. The van der Waals surface area contributed by atoms with Crippen LogP contribution < -0.4 is 0 Å². The number of benzene rings is 1. The van der Waals surface area contributed by atoms with Crippen LogP contribution in [0.4, 0.5) is 8.78 Å². The van der Waals surface area contributed by atoms with Crippen molar-refractivity contribution in [1.29, 1.82) is 0 Å². The monoisotopic (exact) mass is 248 g/mol. The van der Waals surface area contributed by atoms with Gasteiger partial charge in [0.15, 0.2) is 0 Å². The maximum atomic E-state index is 12.9. The highest BCUT2D eigenvalue weighted by Crippen LogP contribution is 2.22. The Morgan fingerprint density at radius 2 is 2.08 bits per heavy atom. The molecule has 0 atom stereocenters. The van der Waals surface area contributed by atoms with Gasteiger partial charge >= 0.3 is 0 Å². The lowest BCUT2D eigenvalue weighted by atomic mass is 10.1. The van der Waals surface area contributed by atoms with Gasteiger partial charge in [-0.25, -0.2) is 8.78 Å². The maximum Gasteiger partial charge on any atom is 0.140 e. The van der Waals surface area contributed by atoms with E-state index in [1.165, 1.54) is 6.92 Å². The van der Waals surface area contributed by atoms with Crippen LogP contribution in [-0.2, 0) is 11.2 Å². The van der Waals surface area contributed by atoms with Crippen molar-refractivity contribution < 1.29 is 13.6 Å². The molecule has 1 aromatic rings. The molecular formula is C9H7BrF2O. The third-order valence-electron chi connectivity index (χ3n) is 1.51. The van der Waals surface area contributed by atoms with Crippen molar-refractivity contribution >= 4 is 21.7 Å². The lowest BCUT2D eigenvalue weighted by molar-refractivity contribution is -0.116. The van der Waals surface area contributed by atoms with Gasteiger partial charge in [0.1, 0.15) is 17.4 Å². The SMILES string of the molecule is CC(=O)Cc1cc(F)cc(F)c1Br. The molecule has 0 aliphatic rings. The van der Waals surface area contributed by atoms with Crippen molar-refractivity contribution in [1.82, 2.24) is 0 Å². The van der Waals surface area contributed by atoms with E-state index in [0.29, 0.717) is 5.56 Å². The quantitative estimate of drug-likeness (QED) is 0.736. The Labute approximate surface area is 82.9 Å². The van der Waals surface area contributed by atoms with Gasteiger partial charge in [-0.05, 0) is 34.5 Å². The molecule has 0 amide bonds. The first-order chi connectivity index (χ1) is 6.00. The average Bonchev–Trinajstić information content (AvgIpc) is 1.98. The van der Waals surface area contributed by atoms with Crippen LogP contribution in [0, 0.1) is 11.6 Å². The Hall–Kier alpha value is -0.770. The van der Waals surface area contributed by atoms with Gasteiger partial charge in [-0.1, -0.05) is 0 Å². The highest BCUT2D eigenvalue weighted by atomic mass is 79.9. The highest BCUT2D eigenvalue weighted by molar-refractivity contribution is 9.10. The second-order valence-electron chi connectivity index (χ2n) is 2.74. The Bertz CT molecular complexity index is 350. The fraction of sp³-hybridized carbons (Fsp3) is 0.222. The van der Waals surface area contributed by atoms with Crippen molar-refractivity contribution in [2.75, 3.05) is 0 Å². The zero-order chi connectivity index (χ0) is 10.0. The molecule has 1 aromatic carbocycles. The predicted molar refractivity (Wildman–Crippen MR) is 48.4 cm³/mol. The summed E-state index contributed by atoms with van der Waals surface area (Å²) in [7, 11) is 0. The van der Waals surface area contributed by atoms with Gasteiger partial charge in [0.2, 0.25) is 0 Å². The van der Waals surface area contributed by atoms with Crippen LogP contribution in [0.3, 0.4) is 0 Å². The molecule has 0 spiro atoms. The molecule has 1 rings (SSSR count). The molecule has 0 heterocycles. The van der Waals surface area contributed by atoms with E-state index in [4.69, 9.17) is 0 Å². The first-order valence-corrected chi connectivity index (χ1v) is 4.43. The third-order valence-corrected chi connectivity index (χ3v) is 2.40. The fourth-order valence-corrected chi connectivity index (χ4v) is 1.38. The van der Waals surface area contributed by atoms with E-state index in [2.05, 4.69) is 15.9 Å². The third kappa shape index (κ3) is 2.59. The van der Waals surface area contributed by atoms with E-state index in [9.17, 15) is 13.6 Å². The molecule has 0 aliphatic heterocycles. The zero-order valence-corrected chi connectivity index (χ0v) is 8.49. The standard InChI is InChI=1S/C9H7BrF2O/c1-5(13)2-6-3-7(11)4-8(12)9(6)10/h3-4H,2H2,1H3. The summed E-state index contributed by atoms with van der Waals surface area (Å²) in [6.45, 7) is 1.37. The number of Topliss-reactive ketones (excluding diaryl/α,β-unsaturated/α-hetero) is 1. The number of hydrogen-bond acceptors (Lipinski definition) is 1. The van der Waals surface area contributed by atoms with Crippen LogP contribution in [-0.4, -0.2) is 5.78 Å². The Morgan fingerprint density at radius 1 is 1.46 bits per heavy atom. The van der Waals surface area contributed by atoms with Crippen molar-refractivity contribution in [3.63, 3.8) is 0 Å². The first-order valence-electron chi connectivity index (χ1n) is 3.63. The lowest BCUT2D eigenvalue weighted by Crippen LogP contribution is -1.99. The molecule has 70 valence electrons. The van der Waals surface area contributed by atoms with Crippen LogP contribution in [0.1, 0.15) is 12.5 Å². The predicted octanol–water partition coefficient (Wildman–Crippen LogP) is 2.86. The normalized spacial score (nSPS) is 10.2. The molecule has 0 saturated carbocycles. The van der Waals surface area contributed by atoms with Crippen LogP contribution in [0.5, 0.6) is 0 Å². The van der Waals surface area contributed by atoms with Gasteiger partial charge in [-0.15, -0.1) is 0 Å². The minimum atomic E-state index is -0.684. The molecule has 1 nitrogen and oxygen atoms in total. The van der Waals surface area contributed by atoms with Crippen molar-refractivity contribution in [3.05, 3.63) is 33.8 Å². The molecule has 4 heteroatoms. The summed E-state index contributed by atoms with van der Waals surface area (Å²) < 4.78 is 25.7. The summed E-state index contributed by atoms with van der Waals surface area (Å²) >= 11 is 2.95. The molecule has 0 aliphatic carbocycles. The molecule has 0 radical (unpaired) electrons. The molecule has 0 fully saturated rings. The summed E-state index contributed by atoms with van der Waals surface area (Å²) in [5, 5.41) is 0. The average molecular weight is 249 g/mol. The summed E-state index contributed by atoms with van der Waals surface area (Å²) in [6.07, 6.45) is 0.0370. The van der Waals surface area contributed by atoms with Crippen LogP contribution in [0.15, 0.2) is 16.6 Å². The van der Waals surface area contributed by atoms with Gasteiger partial charge in [0.05, 0.1) is 4.47 Å². The number of halogens is 3. The van der Waals surface area contributed by atoms with Gasteiger partial charge in [-0.3, -0.25) is 4.79 Å². The van der Waals surface area contributed by atoms with E-state index < -0.39 is 11.6 Å². The number of carbonyl (C=O) groups is 1. The molecule has 13 heavy (non-hydrogen) atoms. The molecule has 0 N–H and O–H groups in total. The highest BCUT2D eigenvalue weighted by Gasteiger charge is 2.09. The van der Waals surface area contributed by atoms with Gasteiger partial charge in [0, 0.05) is 12.5 Å². The lowest BCUT2D eigenvalue weighted by Gasteiger charge is -2.03. The van der Waals surface area contributed by atoms with E-state index in [1.807, 2.05) is 0 Å². The van der Waals surface area contributed by atoms with E-state index >= 15 is 0 Å². The first kappa shape index (κ1) is 10.3. The number of ketones is 1. The van der Waals surface area contributed by atoms with E-state index in [-0.39, 0.29) is 16.7 Å². The smallest absolute Gasteiger partial charge is 0.140 e. The number of hydrogen-bond donors (Lipinski definition) is 0. The minimum Gasteiger partial charge on any atom is -0.300 e. The Kier molecular flexibility index (Phi) is 3.14. The van der Waals surface area contributed by atoms with Crippen molar-refractivity contribution in [2.24, 2.45) is 0 Å². The molecular weight excluding hydrogens is 242 g/mol. The number of carbonyl (C=O) groups excluding carboxylic acids is 1. The largest absolute Gasteiger partial charge is 0.300 e. The minimum absolute atomic E-state index is 0.0370. The van der Waals surface area contributed by atoms with Gasteiger partial charge in [-0.2, -0.15) is 0 Å². The maximum absolute atomic E-state index is 12.9. The zero-order valence-electron chi connectivity index (χ0n) is 6.90. The van der Waals surface area contributed by atoms with Crippen LogP contribution in [0.25, 0.3) is 0 Å². The van der Waals surface area contributed by atoms with Crippen molar-refractivity contribution in [2.45, 2.75) is 13.3 Å². The topological polar surface area (TPSA) is 17.1 Å².